The Balaban J connectivity index is 1.98. The maximum absolute atomic E-state index is 13.1. The summed E-state index contributed by atoms with van der Waals surface area (Å²) in [4.78, 5) is 10.2. The van der Waals surface area contributed by atoms with Gasteiger partial charge < -0.3 is 0 Å². The van der Waals surface area contributed by atoms with Crippen LogP contribution in [0.3, 0.4) is 0 Å². The van der Waals surface area contributed by atoms with Gasteiger partial charge in [0.1, 0.15) is 4.90 Å². The van der Waals surface area contributed by atoms with Crippen LogP contribution in [0.15, 0.2) is 64.6 Å². The van der Waals surface area contributed by atoms with Crippen molar-refractivity contribution in [2.75, 3.05) is 10.1 Å². The monoisotopic (exact) mass is 492 g/mol. The fraction of sp³-hybridized carbons (Fsp3) is 0.0952. The minimum Gasteiger partial charge on any atom is -0.279 e. The molecule has 2 N–H and O–H groups in total. The smallest absolute Gasteiger partial charge is 0.270 e. The second-order valence-corrected chi connectivity index (χ2v) is 9.31. The van der Waals surface area contributed by atoms with Crippen molar-refractivity contribution in [1.29, 1.82) is 0 Å². The minimum absolute atomic E-state index is 0.0438. The summed E-state index contributed by atoms with van der Waals surface area (Å²) in [6.07, 6.45) is 1.36. The standard InChI is InChI=1S/C21H18Cl2N4O4S/c1-13-6-8-18(14(2)10-13)26-32(30,31)20-11-16(27(28)29)7-9-19(20)25-24-12-15-4-3-5-17(22)21(15)23/h3-12,25-26H,1-2H3/b24-12+. The van der Waals surface area contributed by atoms with Gasteiger partial charge >= 0.3 is 0 Å². The third-order valence-electron chi connectivity index (χ3n) is 4.46. The van der Waals surface area contributed by atoms with Crippen LogP contribution in [0.4, 0.5) is 17.1 Å². The maximum Gasteiger partial charge on any atom is 0.270 e. The first kappa shape index (κ1) is 23.5. The van der Waals surface area contributed by atoms with Crippen molar-refractivity contribution in [3.8, 4) is 0 Å². The lowest BCUT2D eigenvalue weighted by Crippen LogP contribution is -2.16. The lowest BCUT2D eigenvalue weighted by molar-refractivity contribution is -0.385. The normalized spacial score (nSPS) is 11.5. The van der Waals surface area contributed by atoms with Gasteiger partial charge in [-0.1, -0.05) is 53.0 Å². The molecule has 166 valence electrons. The molecule has 0 radical (unpaired) electrons. The Morgan fingerprint density at radius 2 is 1.75 bits per heavy atom. The second kappa shape index (κ2) is 9.56. The molecule has 0 aliphatic rings. The fourth-order valence-corrected chi connectivity index (χ4v) is 4.52. The van der Waals surface area contributed by atoms with Crippen molar-refractivity contribution in [3.63, 3.8) is 0 Å². The molecule has 32 heavy (non-hydrogen) atoms. The van der Waals surface area contributed by atoms with E-state index in [1.54, 1.807) is 37.3 Å². The Bertz CT molecular complexity index is 1330. The number of hydrazone groups is 1. The molecular formula is C21H18Cl2N4O4S. The molecular weight excluding hydrogens is 475 g/mol. The number of anilines is 2. The molecule has 11 heteroatoms. The molecule has 0 saturated carbocycles. The van der Waals surface area contributed by atoms with E-state index < -0.39 is 14.9 Å². The number of rotatable bonds is 7. The first-order valence-corrected chi connectivity index (χ1v) is 11.4. The van der Waals surface area contributed by atoms with Crippen LogP contribution in [0.25, 0.3) is 0 Å². The summed E-state index contributed by atoms with van der Waals surface area (Å²) in [6.45, 7) is 3.65. The zero-order chi connectivity index (χ0) is 23.5. The van der Waals surface area contributed by atoms with E-state index in [1.165, 1.54) is 18.3 Å². The van der Waals surface area contributed by atoms with E-state index in [0.29, 0.717) is 21.8 Å². The van der Waals surface area contributed by atoms with Crippen LogP contribution in [0.2, 0.25) is 10.0 Å². The molecule has 0 fully saturated rings. The molecule has 0 unspecified atom stereocenters. The molecule has 0 heterocycles. The quantitative estimate of drug-likeness (QED) is 0.247. The number of non-ortho nitro benzene ring substituents is 1. The Labute approximate surface area is 195 Å². The van der Waals surface area contributed by atoms with E-state index in [2.05, 4.69) is 15.2 Å². The van der Waals surface area contributed by atoms with E-state index in [9.17, 15) is 18.5 Å². The SMILES string of the molecule is Cc1ccc(NS(=O)(=O)c2cc([N+](=O)[O-])ccc2N/N=C/c2cccc(Cl)c2Cl)c(C)c1. The first-order valence-electron chi connectivity index (χ1n) is 9.20. The van der Waals surface area contributed by atoms with E-state index in [0.717, 1.165) is 11.6 Å². The van der Waals surface area contributed by atoms with Crippen LogP contribution in [-0.4, -0.2) is 19.6 Å². The largest absolute Gasteiger partial charge is 0.279 e. The van der Waals surface area contributed by atoms with Crippen molar-refractivity contribution < 1.29 is 13.3 Å². The van der Waals surface area contributed by atoms with Gasteiger partial charge in [-0.3, -0.25) is 20.3 Å². The molecule has 3 aromatic rings. The van der Waals surface area contributed by atoms with E-state index in [1.807, 2.05) is 13.0 Å². The number of hydrogen-bond donors (Lipinski definition) is 2. The number of sulfonamides is 1. The second-order valence-electron chi connectivity index (χ2n) is 6.87. The summed E-state index contributed by atoms with van der Waals surface area (Å²) >= 11 is 12.1. The highest BCUT2D eigenvalue weighted by atomic mass is 35.5. The molecule has 3 aromatic carbocycles. The summed E-state index contributed by atoms with van der Waals surface area (Å²) in [5.41, 5.74) is 4.83. The summed E-state index contributed by atoms with van der Waals surface area (Å²) in [5.74, 6) is 0. The van der Waals surface area contributed by atoms with Crippen LogP contribution in [0.1, 0.15) is 16.7 Å². The van der Waals surface area contributed by atoms with Gasteiger partial charge in [-0.2, -0.15) is 5.10 Å². The Morgan fingerprint density at radius 1 is 1.03 bits per heavy atom. The summed E-state index contributed by atoms with van der Waals surface area (Å²) in [5, 5.41) is 15.9. The van der Waals surface area contributed by atoms with Gasteiger partial charge in [0.05, 0.1) is 32.6 Å². The van der Waals surface area contributed by atoms with Crippen molar-refractivity contribution in [2.45, 2.75) is 18.7 Å². The van der Waals surface area contributed by atoms with Crippen molar-refractivity contribution in [3.05, 3.63) is 91.4 Å². The average Bonchev–Trinajstić information content (AvgIpc) is 2.73. The molecule has 0 atom stereocenters. The lowest BCUT2D eigenvalue weighted by Gasteiger charge is -2.14. The molecule has 0 aliphatic carbocycles. The van der Waals surface area contributed by atoms with E-state index >= 15 is 0 Å². The van der Waals surface area contributed by atoms with Gasteiger partial charge in [-0.25, -0.2) is 8.42 Å². The maximum atomic E-state index is 13.1. The van der Waals surface area contributed by atoms with Gasteiger partial charge in [-0.15, -0.1) is 0 Å². The van der Waals surface area contributed by atoms with Crippen molar-refractivity contribution >= 4 is 56.5 Å². The lowest BCUT2D eigenvalue weighted by atomic mass is 10.1. The number of nitro groups is 1. The topological polar surface area (TPSA) is 114 Å². The molecule has 0 saturated heterocycles. The molecule has 8 nitrogen and oxygen atoms in total. The predicted octanol–water partition coefficient (Wildman–Crippen LogP) is 5.77. The van der Waals surface area contributed by atoms with Gasteiger partial charge in [0.2, 0.25) is 0 Å². The number of aryl methyl sites for hydroxylation is 2. The van der Waals surface area contributed by atoms with Crippen LogP contribution in [0.5, 0.6) is 0 Å². The van der Waals surface area contributed by atoms with Crippen molar-refractivity contribution in [2.24, 2.45) is 5.10 Å². The number of hydrogen-bond acceptors (Lipinski definition) is 6. The van der Waals surface area contributed by atoms with Crippen LogP contribution < -0.4 is 10.1 Å². The van der Waals surface area contributed by atoms with Gasteiger partial charge in [0, 0.05) is 17.7 Å². The number of halogens is 2. The minimum atomic E-state index is -4.18. The molecule has 0 aliphatic heterocycles. The van der Waals surface area contributed by atoms with Gasteiger partial charge in [-0.05, 0) is 37.6 Å². The highest BCUT2D eigenvalue weighted by Gasteiger charge is 2.23. The predicted molar refractivity (Wildman–Crippen MR) is 127 cm³/mol. The van der Waals surface area contributed by atoms with Crippen LogP contribution in [0, 0.1) is 24.0 Å². The van der Waals surface area contributed by atoms with E-state index in [4.69, 9.17) is 23.2 Å². The summed E-state index contributed by atoms with van der Waals surface area (Å²) in [7, 11) is -4.18. The fourth-order valence-electron chi connectivity index (χ4n) is 2.86. The molecule has 0 aromatic heterocycles. The van der Waals surface area contributed by atoms with Gasteiger partial charge in [0.15, 0.2) is 0 Å². The molecule has 3 rings (SSSR count). The molecule has 0 spiro atoms. The summed E-state index contributed by atoms with van der Waals surface area (Å²) in [6, 6.07) is 13.6. The zero-order valence-electron chi connectivity index (χ0n) is 17.0. The van der Waals surface area contributed by atoms with E-state index in [-0.39, 0.29) is 21.3 Å². The highest BCUT2D eigenvalue weighted by molar-refractivity contribution is 7.92. The summed E-state index contributed by atoms with van der Waals surface area (Å²) < 4.78 is 28.7. The highest BCUT2D eigenvalue weighted by Crippen LogP contribution is 2.30. The van der Waals surface area contributed by atoms with Crippen molar-refractivity contribution in [1.82, 2.24) is 0 Å². The zero-order valence-corrected chi connectivity index (χ0v) is 19.3. The van der Waals surface area contributed by atoms with Crippen LogP contribution in [-0.2, 0) is 10.0 Å². The number of benzene rings is 3. The molecule has 0 bridgehead atoms. The molecule has 0 amide bonds. The van der Waals surface area contributed by atoms with Gasteiger partial charge in [0.25, 0.3) is 15.7 Å². The third-order valence-corrected chi connectivity index (χ3v) is 6.70. The van der Waals surface area contributed by atoms with Crippen LogP contribution >= 0.6 is 23.2 Å². The Morgan fingerprint density at radius 3 is 2.44 bits per heavy atom. The Hall–Kier alpha value is -3.14. The third kappa shape index (κ3) is 5.37. The number of nitrogens with zero attached hydrogens (tertiary/aromatic N) is 2. The Kier molecular flexibility index (Phi) is 7.02. The number of nitrogens with one attached hydrogen (secondary N) is 2. The average molecular weight is 493 g/mol. The first-order chi connectivity index (χ1) is 15.1. The number of nitro benzene ring substituents is 1.